The zero-order valence-electron chi connectivity index (χ0n) is 52.0. The van der Waals surface area contributed by atoms with Crippen LogP contribution in [0, 0.1) is 0 Å². The first kappa shape index (κ1) is 74.6. The fraction of sp³-hybridized carbons (Fsp3) is 0.873. The summed E-state index contributed by atoms with van der Waals surface area (Å²) in [5, 5.41) is 0. The standard InChI is InChI=1S/C71H132O6/c1-4-7-10-13-16-19-22-25-27-29-30-31-32-33-34-35-36-37-38-39-40-42-43-46-49-52-55-58-61-64-70(73)76-67-68(66-75-69(72)63-60-57-54-51-48-45-24-21-18-15-12-9-6-3)77-71(74)65-62-59-56-53-50-47-44-41-28-26-23-20-17-14-11-8-5-2/h22,25,29-30,32-33,68H,4-21,23-24,26-28,31,34-67H2,1-3H3/b25-22-,30-29-,33-32-. The van der Waals surface area contributed by atoms with E-state index in [-0.39, 0.29) is 31.1 Å². The number of unbranched alkanes of at least 4 members (excludes halogenated alkanes) is 47. The molecule has 0 N–H and O–H groups in total. The van der Waals surface area contributed by atoms with Crippen molar-refractivity contribution in [1.29, 1.82) is 0 Å². The molecule has 0 aliphatic rings. The number of hydrogen-bond acceptors (Lipinski definition) is 6. The van der Waals surface area contributed by atoms with Gasteiger partial charge >= 0.3 is 17.9 Å². The molecule has 6 heteroatoms. The second kappa shape index (κ2) is 66.1. The lowest BCUT2D eigenvalue weighted by molar-refractivity contribution is -0.167. The molecular weight excluding hydrogens is 949 g/mol. The molecule has 1 atom stereocenters. The van der Waals surface area contributed by atoms with Gasteiger partial charge in [-0.1, -0.05) is 340 Å². The Kier molecular flexibility index (Phi) is 64.1. The summed E-state index contributed by atoms with van der Waals surface area (Å²) in [7, 11) is 0. The van der Waals surface area contributed by atoms with Crippen LogP contribution in [-0.4, -0.2) is 37.2 Å². The lowest BCUT2D eigenvalue weighted by Crippen LogP contribution is -2.30. The van der Waals surface area contributed by atoms with Gasteiger partial charge in [0, 0.05) is 19.3 Å². The minimum Gasteiger partial charge on any atom is -0.462 e. The van der Waals surface area contributed by atoms with Crippen molar-refractivity contribution in [3.05, 3.63) is 36.5 Å². The van der Waals surface area contributed by atoms with Gasteiger partial charge in [-0.05, 0) is 57.8 Å². The third-order valence-corrected chi connectivity index (χ3v) is 15.6. The van der Waals surface area contributed by atoms with Crippen molar-refractivity contribution in [1.82, 2.24) is 0 Å². The second-order valence-corrected chi connectivity index (χ2v) is 23.5. The van der Waals surface area contributed by atoms with Crippen LogP contribution in [0.3, 0.4) is 0 Å². The van der Waals surface area contributed by atoms with Gasteiger partial charge in [-0.2, -0.15) is 0 Å². The molecule has 0 saturated heterocycles. The average Bonchev–Trinajstić information content (AvgIpc) is 3.43. The summed E-state index contributed by atoms with van der Waals surface area (Å²) >= 11 is 0. The van der Waals surface area contributed by atoms with Crippen LogP contribution in [-0.2, 0) is 28.6 Å². The Morgan fingerprint density at radius 3 is 0.727 bits per heavy atom. The second-order valence-electron chi connectivity index (χ2n) is 23.5. The van der Waals surface area contributed by atoms with Crippen molar-refractivity contribution in [2.24, 2.45) is 0 Å². The number of esters is 3. The van der Waals surface area contributed by atoms with Crippen LogP contribution in [0.4, 0.5) is 0 Å². The monoisotopic (exact) mass is 1080 g/mol. The van der Waals surface area contributed by atoms with E-state index < -0.39 is 6.10 Å². The topological polar surface area (TPSA) is 78.9 Å². The molecule has 0 amide bonds. The minimum atomic E-state index is -0.768. The molecule has 0 aliphatic heterocycles. The normalized spacial score (nSPS) is 12.2. The highest BCUT2D eigenvalue weighted by atomic mass is 16.6. The summed E-state index contributed by atoms with van der Waals surface area (Å²) in [6.45, 7) is 6.70. The summed E-state index contributed by atoms with van der Waals surface area (Å²) in [4.78, 5) is 38.3. The van der Waals surface area contributed by atoms with E-state index in [2.05, 4.69) is 57.2 Å². The molecule has 0 fully saturated rings. The quantitative estimate of drug-likeness (QED) is 0.0261. The van der Waals surface area contributed by atoms with E-state index in [0.29, 0.717) is 19.3 Å². The molecule has 0 heterocycles. The zero-order chi connectivity index (χ0) is 55.7. The van der Waals surface area contributed by atoms with Gasteiger partial charge in [-0.3, -0.25) is 14.4 Å². The molecule has 0 radical (unpaired) electrons. The van der Waals surface area contributed by atoms with Crippen LogP contribution in [0.25, 0.3) is 0 Å². The number of ether oxygens (including phenoxy) is 3. The Morgan fingerprint density at radius 1 is 0.260 bits per heavy atom. The van der Waals surface area contributed by atoms with E-state index in [1.807, 2.05) is 0 Å². The fourth-order valence-electron chi connectivity index (χ4n) is 10.5. The highest BCUT2D eigenvalue weighted by molar-refractivity contribution is 5.71. The summed E-state index contributed by atoms with van der Waals surface area (Å²) in [6, 6.07) is 0. The van der Waals surface area contributed by atoms with E-state index in [4.69, 9.17) is 14.2 Å². The van der Waals surface area contributed by atoms with Gasteiger partial charge in [-0.25, -0.2) is 0 Å². The molecule has 0 aromatic heterocycles. The summed E-state index contributed by atoms with van der Waals surface area (Å²) in [5.41, 5.74) is 0. The molecule has 0 aromatic rings. The fourth-order valence-corrected chi connectivity index (χ4v) is 10.5. The van der Waals surface area contributed by atoms with Gasteiger partial charge in [0.15, 0.2) is 6.10 Å². The SMILES string of the molecule is CCCCCCC/C=C\C/C=C\C/C=C\CCCCCCCCCCCCCCCCC(=O)OCC(COC(=O)CCCCCCCCCCCCCCC)OC(=O)CCCCCCCCCCCCCCCCCCC. The Balaban J connectivity index is 4.19. The van der Waals surface area contributed by atoms with Crippen molar-refractivity contribution >= 4 is 17.9 Å². The molecule has 0 bridgehead atoms. The van der Waals surface area contributed by atoms with Gasteiger partial charge in [0.2, 0.25) is 0 Å². The van der Waals surface area contributed by atoms with Crippen LogP contribution in [0.15, 0.2) is 36.5 Å². The Labute approximate surface area is 480 Å². The summed E-state index contributed by atoms with van der Waals surface area (Å²) in [5.74, 6) is -0.837. The lowest BCUT2D eigenvalue weighted by Gasteiger charge is -2.18. The molecule has 0 rings (SSSR count). The predicted octanol–water partition coefficient (Wildman–Crippen LogP) is 23.6. The number of allylic oxidation sites excluding steroid dienone is 6. The minimum absolute atomic E-state index is 0.0653. The van der Waals surface area contributed by atoms with Gasteiger partial charge in [0.1, 0.15) is 13.2 Å². The van der Waals surface area contributed by atoms with Crippen molar-refractivity contribution in [3.8, 4) is 0 Å². The van der Waals surface area contributed by atoms with Crippen LogP contribution in [0.1, 0.15) is 380 Å². The summed E-state index contributed by atoms with van der Waals surface area (Å²) in [6.07, 6.45) is 81.7. The van der Waals surface area contributed by atoms with Gasteiger partial charge in [-0.15, -0.1) is 0 Å². The first-order valence-electron chi connectivity index (χ1n) is 34.5. The first-order valence-corrected chi connectivity index (χ1v) is 34.5. The molecule has 1 unspecified atom stereocenters. The first-order chi connectivity index (χ1) is 38.0. The lowest BCUT2D eigenvalue weighted by atomic mass is 10.0. The maximum Gasteiger partial charge on any atom is 0.306 e. The van der Waals surface area contributed by atoms with E-state index in [0.717, 1.165) is 70.6 Å². The van der Waals surface area contributed by atoms with Crippen LogP contribution in [0.2, 0.25) is 0 Å². The predicted molar refractivity (Wildman–Crippen MR) is 335 cm³/mol. The highest BCUT2D eigenvalue weighted by Crippen LogP contribution is 2.18. The molecule has 452 valence electrons. The number of rotatable bonds is 64. The van der Waals surface area contributed by atoms with Crippen molar-refractivity contribution in [2.75, 3.05) is 13.2 Å². The Morgan fingerprint density at radius 2 is 0.468 bits per heavy atom. The van der Waals surface area contributed by atoms with Crippen LogP contribution < -0.4 is 0 Å². The van der Waals surface area contributed by atoms with Crippen LogP contribution in [0.5, 0.6) is 0 Å². The summed E-state index contributed by atoms with van der Waals surface area (Å²) < 4.78 is 17.0. The molecule has 77 heavy (non-hydrogen) atoms. The molecule has 6 nitrogen and oxygen atoms in total. The van der Waals surface area contributed by atoms with Crippen molar-refractivity contribution in [3.63, 3.8) is 0 Å². The third kappa shape index (κ3) is 64.3. The average molecular weight is 1080 g/mol. The molecule has 0 aliphatic carbocycles. The molecular formula is C71H132O6. The largest absolute Gasteiger partial charge is 0.462 e. The number of carbonyl (C=O) groups excluding carboxylic acids is 3. The number of hydrogen-bond donors (Lipinski definition) is 0. The van der Waals surface area contributed by atoms with Gasteiger partial charge < -0.3 is 14.2 Å². The van der Waals surface area contributed by atoms with Crippen molar-refractivity contribution < 1.29 is 28.6 Å². The maximum absolute atomic E-state index is 12.9. The zero-order valence-corrected chi connectivity index (χ0v) is 52.0. The Hall–Kier alpha value is -2.37. The maximum atomic E-state index is 12.9. The Bertz CT molecular complexity index is 1290. The number of carbonyl (C=O) groups is 3. The van der Waals surface area contributed by atoms with Gasteiger partial charge in [0.25, 0.3) is 0 Å². The molecule has 0 spiro atoms. The van der Waals surface area contributed by atoms with E-state index in [1.54, 1.807) is 0 Å². The third-order valence-electron chi connectivity index (χ3n) is 15.6. The van der Waals surface area contributed by atoms with E-state index >= 15 is 0 Å². The van der Waals surface area contributed by atoms with Crippen LogP contribution >= 0.6 is 0 Å². The van der Waals surface area contributed by atoms with Gasteiger partial charge in [0.05, 0.1) is 0 Å². The molecule has 0 saturated carbocycles. The van der Waals surface area contributed by atoms with E-state index in [1.165, 1.54) is 270 Å². The smallest absolute Gasteiger partial charge is 0.306 e. The molecule has 0 aromatic carbocycles. The van der Waals surface area contributed by atoms with Crippen molar-refractivity contribution in [2.45, 2.75) is 386 Å². The van der Waals surface area contributed by atoms with E-state index in [9.17, 15) is 14.4 Å². The highest BCUT2D eigenvalue weighted by Gasteiger charge is 2.19.